The smallest absolute Gasteiger partial charge is 0.226 e. The predicted octanol–water partition coefficient (Wildman–Crippen LogP) is 1.82. The lowest BCUT2D eigenvalue weighted by Crippen LogP contribution is -2.45. The molecule has 1 fully saturated rings. The van der Waals surface area contributed by atoms with Crippen LogP contribution in [0.3, 0.4) is 0 Å². The summed E-state index contributed by atoms with van der Waals surface area (Å²) in [6.07, 6.45) is 4.01. The van der Waals surface area contributed by atoms with Crippen molar-refractivity contribution in [2.24, 2.45) is 0 Å². The zero-order chi connectivity index (χ0) is 13.0. The maximum Gasteiger partial charge on any atom is 0.226 e. The van der Waals surface area contributed by atoms with Crippen LogP contribution in [-0.2, 0) is 0 Å². The second-order valence-corrected chi connectivity index (χ2v) is 5.32. The molecular weight excluding hydrogens is 228 g/mol. The molecule has 100 valence electrons. The van der Waals surface area contributed by atoms with Gasteiger partial charge in [-0.3, -0.25) is 0 Å². The minimum atomic E-state index is 0.0711. The first-order valence-corrected chi connectivity index (χ1v) is 6.56. The Kier molecular flexibility index (Phi) is 4.01. The lowest BCUT2D eigenvalue weighted by Gasteiger charge is -2.34. The number of nitrogens with zero attached hydrogens (tertiary/aromatic N) is 2. The first-order chi connectivity index (χ1) is 8.57. The maximum absolute atomic E-state index is 5.57. The summed E-state index contributed by atoms with van der Waals surface area (Å²) in [6, 6.07) is 1.79. The van der Waals surface area contributed by atoms with Crippen molar-refractivity contribution in [3.63, 3.8) is 0 Å². The lowest BCUT2D eigenvalue weighted by atomic mass is 9.91. The van der Waals surface area contributed by atoms with Crippen molar-refractivity contribution in [2.75, 3.05) is 18.4 Å². The van der Waals surface area contributed by atoms with E-state index < -0.39 is 0 Å². The van der Waals surface area contributed by atoms with E-state index in [-0.39, 0.29) is 11.6 Å². The topological polar surface area (TPSA) is 59.1 Å². The molecule has 1 aliphatic rings. The minimum Gasteiger partial charge on any atom is -0.475 e. The van der Waals surface area contributed by atoms with Gasteiger partial charge in [-0.05, 0) is 46.7 Å². The number of hydrogen-bond acceptors (Lipinski definition) is 5. The van der Waals surface area contributed by atoms with E-state index >= 15 is 0 Å². The molecule has 0 aliphatic carbocycles. The average molecular weight is 250 g/mol. The Balaban J connectivity index is 2.04. The third kappa shape index (κ3) is 3.57. The van der Waals surface area contributed by atoms with E-state index in [1.54, 1.807) is 12.3 Å². The zero-order valence-electron chi connectivity index (χ0n) is 11.4. The highest BCUT2D eigenvalue weighted by Crippen LogP contribution is 2.22. The molecule has 5 nitrogen and oxygen atoms in total. The van der Waals surface area contributed by atoms with Crippen LogP contribution in [0, 0.1) is 0 Å². The summed E-state index contributed by atoms with van der Waals surface area (Å²) in [4.78, 5) is 8.65. The van der Waals surface area contributed by atoms with Crippen LogP contribution in [0.15, 0.2) is 12.3 Å². The lowest BCUT2D eigenvalue weighted by molar-refractivity contribution is 0.232. The summed E-state index contributed by atoms with van der Waals surface area (Å²) in [5, 5.41) is 6.79. The first-order valence-electron chi connectivity index (χ1n) is 6.56. The molecule has 0 saturated carbocycles. The Labute approximate surface area is 108 Å². The van der Waals surface area contributed by atoms with Crippen LogP contribution in [0.2, 0.25) is 0 Å². The van der Waals surface area contributed by atoms with Crippen LogP contribution >= 0.6 is 0 Å². The van der Waals surface area contributed by atoms with E-state index in [1.165, 1.54) is 0 Å². The van der Waals surface area contributed by atoms with Crippen molar-refractivity contribution in [1.82, 2.24) is 15.3 Å². The molecule has 2 rings (SSSR count). The van der Waals surface area contributed by atoms with Crippen LogP contribution in [0.4, 0.5) is 5.95 Å². The van der Waals surface area contributed by atoms with Gasteiger partial charge < -0.3 is 15.4 Å². The summed E-state index contributed by atoms with van der Waals surface area (Å²) in [5.74, 6) is 1.28. The summed E-state index contributed by atoms with van der Waals surface area (Å²) < 4.78 is 5.57. The quantitative estimate of drug-likeness (QED) is 0.853. The molecule has 0 amide bonds. The zero-order valence-corrected chi connectivity index (χ0v) is 11.4. The number of piperidine rings is 1. The number of ether oxygens (including phenoxy) is 1. The van der Waals surface area contributed by atoms with Gasteiger partial charge in [0.2, 0.25) is 11.8 Å². The van der Waals surface area contributed by atoms with Gasteiger partial charge in [0.05, 0.1) is 6.10 Å². The molecule has 1 aromatic heterocycles. The molecule has 18 heavy (non-hydrogen) atoms. The molecule has 1 saturated heterocycles. The molecule has 1 aromatic rings. The second kappa shape index (κ2) is 5.52. The Morgan fingerprint density at radius 1 is 1.39 bits per heavy atom. The molecule has 0 spiro atoms. The number of rotatable bonds is 4. The van der Waals surface area contributed by atoms with Crippen LogP contribution < -0.4 is 15.4 Å². The van der Waals surface area contributed by atoms with Crippen molar-refractivity contribution < 1.29 is 4.74 Å². The van der Waals surface area contributed by atoms with Gasteiger partial charge in [0.1, 0.15) is 0 Å². The minimum absolute atomic E-state index is 0.0711. The highest BCUT2D eigenvalue weighted by atomic mass is 16.5. The van der Waals surface area contributed by atoms with Crippen molar-refractivity contribution in [1.29, 1.82) is 0 Å². The maximum atomic E-state index is 5.57. The fraction of sp³-hybridized carbons (Fsp3) is 0.692. The number of hydrogen-bond donors (Lipinski definition) is 2. The molecule has 2 N–H and O–H groups in total. The van der Waals surface area contributed by atoms with Gasteiger partial charge >= 0.3 is 0 Å². The van der Waals surface area contributed by atoms with Gasteiger partial charge in [-0.25, -0.2) is 4.98 Å². The van der Waals surface area contributed by atoms with E-state index in [0.717, 1.165) is 25.9 Å². The Hall–Kier alpha value is -1.36. The van der Waals surface area contributed by atoms with E-state index in [4.69, 9.17) is 4.74 Å². The summed E-state index contributed by atoms with van der Waals surface area (Å²) in [5.41, 5.74) is 0.0711. The van der Waals surface area contributed by atoms with Gasteiger partial charge in [-0.15, -0.1) is 0 Å². The molecule has 0 radical (unpaired) electrons. The first kappa shape index (κ1) is 13.1. The number of anilines is 1. The normalized spacial score (nSPS) is 18.7. The third-order valence-corrected chi connectivity index (χ3v) is 3.11. The fourth-order valence-electron chi connectivity index (χ4n) is 2.08. The van der Waals surface area contributed by atoms with Crippen molar-refractivity contribution in [3.05, 3.63) is 12.3 Å². The molecule has 0 bridgehead atoms. The highest BCUT2D eigenvalue weighted by molar-refractivity contribution is 5.31. The summed E-state index contributed by atoms with van der Waals surface area (Å²) in [6.45, 7) is 8.26. The summed E-state index contributed by atoms with van der Waals surface area (Å²) >= 11 is 0. The van der Waals surface area contributed by atoms with E-state index in [0.29, 0.717) is 11.8 Å². The molecule has 1 aliphatic heterocycles. The van der Waals surface area contributed by atoms with Crippen molar-refractivity contribution in [2.45, 2.75) is 45.3 Å². The molecule has 0 unspecified atom stereocenters. The standard InChI is InChI=1S/C13H22N4O/c1-10(2)18-11-4-7-15-12(16-11)17-13(3)5-8-14-9-6-13/h4,7,10,14H,5-6,8-9H2,1-3H3,(H,15,16,17). The van der Waals surface area contributed by atoms with E-state index in [1.807, 2.05) is 13.8 Å². The van der Waals surface area contributed by atoms with E-state index in [2.05, 4.69) is 27.5 Å². The van der Waals surface area contributed by atoms with Gasteiger partial charge in [-0.2, -0.15) is 4.98 Å². The molecule has 2 heterocycles. The average Bonchev–Trinajstić information content (AvgIpc) is 2.28. The Morgan fingerprint density at radius 2 is 2.11 bits per heavy atom. The van der Waals surface area contributed by atoms with Gasteiger partial charge in [0.25, 0.3) is 0 Å². The SMILES string of the molecule is CC(C)Oc1ccnc(NC2(C)CCNCC2)n1. The Bertz CT molecular complexity index is 388. The van der Waals surface area contributed by atoms with Crippen LogP contribution in [-0.4, -0.2) is 34.7 Å². The van der Waals surface area contributed by atoms with Crippen LogP contribution in [0.5, 0.6) is 5.88 Å². The predicted molar refractivity (Wildman–Crippen MR) is 71.9 cm³/mol. The monoisotopic (exact) mass is 250 g/mol. The third-order valence-electron chi connectivity index (χ3n) is 3.11. The van der Waals surface area contributed by atoms with Gasteiger partial charge in [-0.1, -0.05) is 0 Å². The van der Waals surface area contributed by atoms with Crippen molar-refractivity contribution in [3.8, 4) is 5.88 Å². The van der Waals surface area contributed by atoms with E-state index in [9.17, 15) is 0 Å². The van der Waals surface area contributed by atoms with Crippen LogP contribution in [0.1, 0.15) is 33.6 Å². The highest BCUT2D eigenvalue weighted by Gasteiger charge is 2.27. The number of aromatic nitrogens is 2. The Morgan fingerprint density at radius 3 is 2.78 bits per heavy atom. The van der Waals surface area contributed by atoms with Crippen molar-refractivity contribution >= 4 is 5.95 Å². The molecule has 0 atom stereocenters. The fourth-order valence-corrected chi connectivity index (χ4v) is 2.08. The molecule has 0 aromatic carbocycles. The largest absolute Gasteiger partial charge is 0.475 e. The molecular formula is C13H22N4O. The number of nitrogens with one attached hydrogen (secondary N) is 2. The van der Waals surface area contributed by atoms with Crippen LogP contribution in [0.25, 0.3) is 0 Å². The van der Waals surface area contributed by atoms with Gasteiger partial charge in [0.15, 0.2) is 0 Å². The molecule has 5 heteroatoms. The second-order valence-electron chi connectivity index (χ2n) is 5.32. The van der Waals surface area contributed by atoms with Gasteiger partial charge in [0, 0.05) is 17.8 Å². The summed E-state index contributed by atoms with van der Waals surface area (Å²) in [7, 11) is 0.